The maximum absolute atomic E-state index is 13.4. The second kappa shape index (κ2) is 7.33. The van der Waals surface area contributed by atoms with E-state index in [0.717, 1.165) is 21.9 Å². The first-order valence-corrected chi connectivity index (χ1v) is 10.4. The van der Waals surface area contributed by atoms with Gasteiger partial charge < -0.3 is 19.1 Å². The molecule has 7 nitrogen and oxygen atoms in total. The molecular formula is C20H26N4O3S. The zero-order valence-corrected chi connectivity index (χ0v) is 17.4. The van der Waals surface area contributed by atoms with Crippen LogP contribution in [0.25, 0.3) is 0 Å². The smallest absolute Gasteiger partial charge is 0.263 e. The van der Waals surface area contributed by atoms with Gasteiger partial charge in [0.15, 0.2) is 0 Å². The number of thiophene rings is 1. The summed E-state index contributed by atoms with van der Waals surface area (Å²) in [6, 6.07) is 3.84. The average molecular weight is 403 g/mol. The zero-order valence-electron chi connectivity index (χ0n) is 16.6. The summed E-state index contributed by atoms with van der Waals surface area (Å²) in [4.78, 5) is 36.7. The third-order valence-corrected chi connectivity index (χ3v) is 6.96. The fourth-order valence-corrected chi connectivity index (χ4v) is 5.34. The van der Waals surface area contributed by atoms with E-state index in [4.69, 9.17) is 4.74 Å². The molecule has 2 atom stereocenters. The summed E-state index contributed by atoms with van der Waals surface area (Å²) in [5.41, 5.74) is 0.298. The number of methoxy groups -OCH3 is 1. The number of likely N-dealkylation sites (tertiary alicyclic amines) is 2. The monoisotopic (exact) mass is 402 g/mol. The van der Waals surface area contributed by atoms with Crippen LogP contribution in [0.3, 0.4) is 0 Å². The molecule has 2 fully saturated rings. The number of aryl methyl sites for hydroxylation is 2. The number of hydrogen-bond donors (Lipinski definition) is 0. The van der Waals surface area contributed by atoms with Crippen LogP contribution in [0, 0.1) is 12.3 Å². The molecule has 0 radical (unpaired) electrons. The normalized spacial score (nSPS) is 24.7. The van der Waals surface area contributed by atoms with Crippen LogP contribution in [0.4, 0.5) is 0 Å². The molecule has 0 aliphatic carbocycles. The molecule has 0 saturated carbocycles. The number of imidazole rings is 1. The number of carbonyl (C=O) groups is 2. The number of ether oxygens (including phenoxy) is 1. The summed E-state index contributed by atoms with van der Waals surface area (Å²) in [6.45, 7) is 4.78. The molecule has 150 valence electrons. The Morgan fingerprint density at radius 1 is 1.43 bits per heavy atom. The Morgan fingerprint density at radius 3 is 2.89 bits per heavy atom. The minimum Gasteiger partial charge on any atom is -0.383 e. The van der Waals surface area contributed by atoms with Crippen molar-refractivity contribution in [3.8, 4) is 0 Å². The molecule has 2 saturated heterocycles. The van der Waals surface area contributed by atoms with E-state index in [0.29, 0.717) is 32.8 Å². The van der Waals surface area contributed by atoms with E-state index in [1.807, 2.05) is 46.7 Å². The van der Waals surface area contributed by atoms with Crippen molar-refractivity contribution in [1.29, 1.82) is 0 Å². The predicted molar refractivity (Wildman–Crippen MR) is 106 cm³/mol. The van der Waals surface area contributed by atoms with Crippen LogP contribution in [0.1, 0.15) is 32.6 Å². The van der Waals surface area contributed by atoms with Crippen molar-refractivity contribution in [2.24, 2.45) is 12.5 Å². The first-order chi connectivity index (χ1) is 13.4. The van der Waals surface area contributed by atoms with Crippen molar-refractivity contribution >= 4 is 23.2 Å². The molecule has 0 unspecified atom stereocenters. The molecule has 2 aliphatic rings. The van der Waals surface area contributed by atoms with E-state index in [2.05, 4.69) is 4.98 Å². The topological polar surface area (TPSA) is 67.7 Å². The fourth-order valence-electron chi connectivity index (χ4n) is 4.50. The van der Waals surface area contributed by atoms with Gasteiger partial charge in [-0.15, -0.1) is 11.3 Å². The number of nitrogens with zero attached hydrogens (tertiary/aromatic N) is 4. The van der Waals surface area contributed by atoms with Crippen LogP contribution in [-0.2, 0) is 16.6 Å². The van der Waals surface area contributed by atoms with Crippen LogP contribution in [0.15, 0.2) is 24.7 Å². The zero-order chi connectivity index (χ0) is 19.9. The highest BCUT2D eigenvalue weighted by atomic mass is 32.1. The molecule has 2 aliphatic heterocycles. The van der Waals surface area contributed by atoms with Gasteiger partial charge in [-0.25, -0.2) is 4.98 Å². The molecular weight excluding hydrogens is 376 g/mol. The molecule has 2 amide bonds. The molecule has 8 heteroatoms. The molecule has 0 N–H and O–H groups in total. The highest BCUT2D eigenvalue weighted by molar-refractivity contribution is 7.13. The molecule has 28 heavy (non-hydrogen) atoms. The van der Waals surface area contributed by atoms with Gasteiger partial charge in [-0.1, -0.05) is 0 Å². The Labute approximate surface area is 168 Å². The van der Waals surface area contributed by atoms with Gasteiger partial charge in [0.05, 0.1) is 28.9 Å². The lowest BCUT2D eigenvalue weighted by atomic mass is 9.75. The SMILES string of the molecule is COCCN1CC[C@]2(CN(C(=O)c3ccc(C)s3)C[C@H]2c2cn(C)cn2)C1=O. The summed E-state index contributed by atoms with van der Waals surface area (Å²) >= 11 is 1.50. The lowest BCUT2D eigenvalue weighted by molar-refractivity contribution is -0.136. The number of hydrogen-bond acceptors (Lipinski definition) is 5. The second-order valence-corrected chi connectivity index (χ2v) is 9.09. The number of rotatable bonds is 5. The Kier molecular flexibility index (Phi) is 5.01. The van der Waals surface area contributed by atoms with E-state index in [-0.39, 0.29) is 17.7 Å². The summed E-state index contributed by atoms with van der Waals surface area (Å²) in [5, 5.41) is 0. The second-order valence-electron chi connectivity index (χ2n) is 7.80. The van der Waals surface area contributed by atoms with Crippen LogP contribution in [0.5, 0.6) is 0 Å². The molecule has 1 spiro atoms. The molecule has 2 aromatic heterocycles. The van der Waals surface area contributed by atoms with Gasteiger partial charge in [0.1, 0.15) is 0 Å². The van der Waals surface area contributed by atoms with Gasteiger partial charge in [0, 0.05) is 57.3 Å². The third-order valence-electron chi connectivity index (χ3n) is 5.97. The van der Waals surface area contributed by atoms with E-state index in [1.165, 1.54) is 11.3 Å². The maximum atomic E-state index is 13.4. The molecule has 0 aromatic carbocycles. The van der Waals surface area contributed by atoms with E-state index in [9.17, 15) is 9.59 Å². The standard InChI is InChI=1S/C20H26N4O3S/c1-14-4-5-17(28-14)18(25)24-10-15(16-11-22(2)13-21-16)20(12-24)6-7-23(19(20)26)8-9-27-3/h4-5,11,13,15H,6-10,12H2,1-3H3/t15-,20+/m0/s1. The summed E-state index contributed by atoms with van der Waals surface area (Å²) in [7, 11) is 3.57. The lowest BCUT2D eigenvalue weighted by Crippen LogP contribution is -2.41. The minimum atomic E-state index is -0.593. The molecule has 0 bridgehead atoms. The van der Waals surface area contributed by atoms with Gasteiger partial charge in [0.25, 0.3) is 5.91 Å². The van der Waals surface area contributed by atoms with Gasteiger partial charge >= 0.3 is 0 Å². The Hall–Kier alpha value is -2.19. The number of amides is 2. The first kappa shape index (κ1) is 19.1. The minimum absolute atomic E-state index is 0.0130. The summed E-state index contributed by atoms with van der Waals surface area (Å²) in [5.74, 6) is 0.0515. The van der Waals surface area contributed by atoms with Crippen LogP contribution in [0.2, 0.25) is 0 Å². The van der Waals surface area contributed by atoms with Crippen molar-refractivity contribution in [1.82, 2.24) is 19.4 Å². The van der Waals surface area contributed by atoms with Crippen molar-refractivity contribution in [3.63, 3.8) is 0 Å². The van der Waals surface area contributed by atoms with E-state index < -0.39 is 5.41 Å². The van der Waals surface area contributed by atoms with Crippen molar-refractivity contribution in [2.75, 3.05) is 39.9 Å². The lowest BCUT2D eigenvalue weighted by Gasteiger charge is -2.27. The third kappa shape index (κ3) is 3.14. The molecule has 2 aromatic rings. The quantitative estimate of drug-likeness (QED) is 0.766. The van der Waals surface area contributed by atoms with Gasteiger partial charge in [-0.2, -0.15) is 0 Å². The number of carbonyl (C=O) groups excluding carboxylic acids is 2. The van der Waals surface area contributed by atoms with Gasteiger partial charge in [-0.05, 0) is 25.5 Å². The van der Waals surface area contributed by atoms with Crippen molar-refractivity contribution in [3.05, 3.63) is 40.1 Å². The fraction of sp³-hybridized carbons (Fsp3) is 0.550. The maximum Gasteiger partial charge on any atom is 0.263 e. The first-order valence-electron chi connectivity index (χ1n) is 9.56. The Balaban J connectivity index is 1.65. The van der Waals surface area contributed by atoms with Crippen LogP contribution < -0.4 is 0 Å². The van der Waals surface area contributed by atoms with E-state index >= 15 is 0 Å². The van der Waals surface area contributed by atoms with Crippen LogP contribution >= 0.6 is 11.3 Å². The number of aromatic nitrogens is 2. The largest absolute Gasteiger partial charge is 0.383 e. The molecule has 4 rings (SSSR count). The van der Waals surface area contributed by atoms with Crippen molar-refractivity contribution in [2.45, 2.75) is 19.3 Å². The Bertz CT molecular complexity index is 892. The van der Waals surface area contributed by atoms with Crippen LogP contribution in [-0.4, -0.2) is 71.1 Å². The summed E-state index contributed by atoms with van der Waals surface area (Å²) < 4.78 is 7.07. The van der Waals surface area contributed by atoms with E-state index in [1.54, 1.807) is 13.4 Å². The highest BCUT2D eigenvalue weighted by Crippen LogP contribution is 2.49. The molecule has 4 heterocycles. The average Bonchev–Trinajstić information content (AvgIpc) is 3.43. The van der Waals surface area contributed by atoms with Crippen molar-refractivity contribution < 1.29 is 14.3 Å². The van der Waals surface area contributed by atoms with Gasteiger partial charge in [-0.3, -0.25) is 9.59 Å². The Morgan fingerprint density at radius 2 is 2.25 bits per heavy atom. The summed E-state index contributed by atoms with van der Waals surface area (Å²) in [6.07, 6.45) is 4.48. The highest BCUT2D eigenvalue weighted by Gasteiger charge is 2.58. The van der Waals surface area contributed by atoms with Gasteiger partial charge in [0.2, 0.25) is 5.91 Å². The predicted octanol–water partition coefficient (Wildman–Crippen LogP) is 1.89.